The monoisotopic (exact) mass is 217 g/mol. The third-order valence-electron chi connectivity index (χ3n) is 4.26. The number of hydrogen-bond acceptors (Lipinski definition) is 2. The quantitative estimate of drug-likeness (QED) is 0.756. The normalized spacial score (nSPS) is 47.2. The van der Waals surface area contributed by atoms with Gasteiger partial charge in [0.2, 0.25) is 10.0 Å². The standard InChI is InChI=1S/C10H19NO2S/c1-6-7(2)9-4-8(6)5-10(9)11-14(3,12)13/h6-11H,4-5H2,1-3H3. The van der Waals surface area contributed by atoms with Crippen LogP contribution in [0.25, 0.3) is 0 Å². The fourth-order valence-electron chi connectivity index (χ4n) is 3.35. The maximum absolute atomic E-state index is 11.1. The molecule has 14 heavy (non-hydrogen) atoms. The van der Waals surface area contributed by atoms with Crippen LogP contribution in [0.1, 0.15) is 26.7 Å². The molecule has 2 saturated carbocycles. The molecule has 0 radical (unpaired) electrons. The van der Waals surface area contributed by atoms with Crippen molar-refractivity contribution in [2.75, 3.05) is 6.26 Å². The Labute approximate surface area is 86.3 Å². The largest absolute Gasteiger partial charge is 0.213 e. The zero-order valence-corrected chi connectivity index (χ0v) is 9.84. The summed E-state index contributed by atoms with van der Waals surface area (Å²) in [6.45, 7) is 4.55. The summed E-state index contributed by atoms with van der Waals surface area (Å²) in [6, 6.07) is 0.209. The van der Waals surface area contributed by atoms with Crippen molar-refractivity contribution >= 4 is 10.0 Å². The van der Waals surface area contributed by atoms with Gasteiger partial charge in [-0.15, -0.1) is 0 Å². The van der Waals surface area contributed by atoms with Crippen LogP contribution in [-0.4, -0.2) is 20.7 Å². The van der Waals surface area contributed by atoms with Crippen molar-refractivity contribution in [2.24, 2.45) is 23.7 Å². The topological polar surface area (TPSA) is 46.2 Å². The molecule has 5 unspecified atom stereocenters. The van der Waals surface area contributed by atoms with E-state index in [1.165, 1.54) is 12.7 Å². The molecule has 0 aliphatic heterocycles. The minimum Gasteiger partial charge on any atom is -0.213 e. The molecule has 82 valence electrons. The number of rotatable bonds is 2. The predicted octanol–water partition coefficient (Wildman–Crippen LogP) is 1.22. The minimum atomic E-state index is -3.02. The fourth-order valence-corrected chi connectivity index (χ4v) is 4.17. The molecular weight excluding hydrogens is 198 g/mol. The van der Waals surface area contributed by atoms with Crippen molar-refractivity contribution in [3.05, 3.63) is 0 Å². The van der Waals surface area contributed by atoms with Gasteiger partial charge in [-0.05, 0) is 36.5 Å². The second-order valence-electron chi connectivity index (χ2n) is 5.11. The molecule has 5 atom stereocenters. The van der Waals surface area contributed by atoms with Gasteiger partial charge in [-0.2, -0.15) is 0 Å². The maximum atomic E-state index is 11.1. The van der Waals surface area contributed by atoms with Crippen LogP contribution in [0, 0.1) is 23.7 Å². The Morgan fingerprint density at radius 2 is 1.79 bits per heavy atom. The minimum absolute atomic E-state index is 0.209. The lowest BCUT2D eigenvalue weighted by Gasteiger charge is -2.31. The molecule has 2 aliphatic rings. The van der Waals surface area contributed by atoms with Gasteiger partial charge in [-0.3, -0.25) is 0 Å². The molecule has 0 heterocycles. The van der Waals surface area contributed by atoms with Crippen LogP contribution in [0.15, 0.2) is 0 Å². The number of hydrogen-bond donors (Lipinski definition) is 1. The lowest BCUT2D eigenvalue weighted by molar-refractivity contribution is 0.224. The van der Waals surface area contributed by atoms with E-state index in [1.807, 2.05) is 0 Å². The van der Waals surface area contributed by atoms with Gasteiger partial charge in [0.15, 0.2) is 0 Å². The highest BCUT2D eigenvalue weighted by Gasteiger charge is 2.49. The zero-order valence-electron chi connectivity index (χ0n) is 9.03. The number of fused-ring (bicyclic) bond motifs is 2. The zero-order chi connectivity index (χ0) is 10.5. The highest BCUT2D eigenvalue weighted by Crippen LogP contribution is 2.51. The molecule has 0 saturated heterocycles. The lowest BCUT2D eigenvalue weighted by Crippen LogP contribution is -2.41. The van der Waals surface area contributed by atoms with Crippen molar-refractivity contribution in [2.45, 2.75) is 32.7 Å². The summed E-state index contributed by atoms with van der Waals surface area (Å²) in [6.07, 6.45) is 3.52. The SMILES string of the molecule is CC1C2CC(NS(C)(=O)=O)C(C2)C1C. The van der Waals surface area contributed by atoms with Gasteiger partial charge in [-0.25, -0.2) is 13.1 Å². The average Bonchev–Trinajstić information content (AvgIpc) is 2.51. The fraction of sp³-hybridized carbons (Fsp3) is 1.00. The molecule has 1 N–H and O–H groups in total. The number of sulfonamides is 1. The van der Waals surface area contributed by atoms with Gasteiger partial charge in [-0.1, -0.05) is 13.8 Å². The molecule has 2 fully saturated rings. The summed E-state index contributed by atoms with van der Waals surface area (Å²) in [5.41, 5.74) is 0. The van der Waals surface area contributed by atoms with Crippen LogP contribution >= 0.6 is 0 Å². The summed E-state index contributed by atoms with van der Waals surface area (Å²) in [4.78, 5) is 0. The van der Waals surface area contributed by atoms with Crippen LogP contribution in [0.5, 0.6) is 0 Å². The third-order valence-corrected chi connectivity index (χ3v) is 4.99. The average molecular weight is 217 g/mol. The van der Waals surface area contributed by atoms with Gasteiger partial charge >= 0.3 is 0 Å². The molecule has 0 spiro atoms. The van der Waals surface area contributed by atoms with E-state index in [0.29, 0.717) is 11.8 Å². The molecular formula is C10H19NO2S. The second kappa shape index (κ2) is 3.20. The van der Waals surface area contributed by atoms with Crippen molar-refractivity contribution in [1.82, 2.24) is 4.72 Å². The smallest absolute Gasteiger partial charge is 0.208 e. The summed E-state index contributed by atoms with van der Waals surface area (Å²) < 4.78 is 25.1. The Hall–Kier alpha value is -0.0900. The van der Waals surface area contributed by atoms with Crippen LogP contribution in [0.3, 0.4) is 0 Å². The lowest BCUT2D eigenvalue weighted by atomic mass is 9.79. The molecule has 0 aromatic rings. The molecule has 0 amide bonds. The Morgan fingerprint density at radius 3 is 2.21 bits per heavy atom. The van der Waals surface area contributed by atoms with Crippen molar-refractivity contribution in [3.63, 3.8) is 0 Å². The van der Waals surface area contributed by atoms with Crippen LogP contribution < -0.4 is 4.72 Å². The van der Waals surface area contributed by atoms with E-state index in [-0.39, 0.29) is 6.04 Å². The van der Waals surface area contributed by atoms with Crippen LogP contribution in [-0.2, 0) is 10.0 Å². The van der Waals surface area contributed by atoms with Crippen molar-refractivity contribution in [3.8, 4) is 0 Å². The van der Waals surface area contributed by atoms with E-state index in [4.69, 9.17) is 0 Å². The molecule has 0 aromatic carbocycles. The van der Waals surface area contributed by atoms with Crippen LogP contribution in [0.4, 0.5) is 0 Å². The predicted molar refractivity (Wildman–Crippen MR) is 56.3 cm³/mol. The molecule has 4 heteroatoms. The molecule has 2 bridgehead atoms. The summed E-state index contributed by atoms with van der Waals surface area (Å²) in [5, 5.41) is 0. The van der Waals surface area contributed by atoms with Gasteiger partial charge in [0.1, 0.15) is 0 Å². The summed E-state index contributed by atoms with van der Waals surface area (Å²) in [7, 11) is -3.02. The first kappa shape index (κ1) is 10.4. The van der Waals surface area contributed by atoms with E-state index in [2.05, 4.69) is 18.6 Å². The van der Waals surface area contributed by atoms with E-state index in [0.717, 1.165) is 18.3 Å². The van der Waals surface area contributed by atoms with Gasteiger partial charge < -0.3 is 0 Å². The Morgan fingerprint density at radius 1 is 1.14 bits per heavy atom. The first-order valence-corrected chi connectivity index (χ1v) is 7.25. The summed E-state index contributed by atoms with van der Waals surface area (Å²) in [5.74, 6) is 2.77. The van der Waals surface area contributed by atoms with E-state index in [9.17, 15) is 8.42 Å². The van der Waals surface area contributed by atoms with Crippen LogP contribution in [0.2, 0.25) is 0 Å². The van der Waals surface area contributed by atoms with Gasteiger partial charge in [0, 0.05) is 6.04 Å². The Kier molecular flexibility index (Phi) is 2.39. The van der Waals surface area contributed by atoms with E-state index < -0.39 is 10.0 Å². The Bertz CT molecular complexity index is 323. The highest BCUT2D eigenvalue weighted by molar-refractivity contribution is 7.88. The summed E-state index contributed by atoms with van der Waals surface area (Å²) >= 11 is 0. The van der Waals surface area contributed by atoms with E-state index >= 15 is 0 Å². The number of nitrogens with one attached hydrogen (secondary N) is 1. The molecule has 2 aliphatic carbocycles. The molecule has 3 nitrogen and oxygen atoms in total. The molecule has 0 aromatic heterocycles. The first-order valence-electron chi connectivity index (χ1n) is 5.36. The van der Waals surface area contributed by atoms with E-state index in [1.54, 1.807) is 0 Å². The second-order valence-corrected chi connectivity index (χ2v) is 6.89. The highest BCUT2D eigenvalue weighted by atomic mass is 32.2. The van der Waals surface area contributed by atoms with Crippen molar-refractivity contribution in [1.29, 1.82) is 0 Å². The molecule has 2 rings (SSSR count). The van der Waals surface area contributed by atoms with Gasteiger partial charge in [0.05, 0.1) is 6.26 Å². The Balaban J connectivity index is 2.07. The first-order chi connectivity index (χ1) is 6.38. The van der Waals surface area contributed by atoms with Gasteiger partial charge in [0.25, 0.3) is 0 Å². The van der Waals surface area contributed by atoms with Crippen molar-refractivity contribution < 1.29 is 8.42 Å². The third kappa shape index (κ3) is 1.70. The maximum Gasteiger partial charge on any atom is 0.208 e.